The number of carbonyl (C=O) groups excluding carboxylic acids is 1. The van der Waals surface area contributed by atoms with Crippen molar-refractivity contribution >= 4 is 11.9 Å². The van der Waals surface area contributed by atoms with Gasteiger partial charge in [-0.1, -0.05) is 24.2 Å². The molecule has 0 aliphatic rings. The molecule has 104 valence electrons. The van der Waals surface area contributed by atoms with Crippen LogP contribution in [0, 0.1) is 5.82 Å². The van der Waals surface area contributed by atoms with E-state index < -0.39 is 5.82 Å². The molecule has 0 saturated carbocycles. The molecule has 0 saturated heterocycles. The summed E-state index contributed by atoms with van der Waals surface area (Å²) in [5, 5.41) is 16.4. The normalized spacial score (nSPS) is 11.2. The Bertz CT molecular complexity index is 477. The van der Waals surface area contributed by atoms with Crippen molar-refractivity contribution in [2.45, 2.75) is 19.9 Å². The fraction of sp³-hybridized carbons (Fsp3) is 0.333. The monoisotopic (exact) mass is 268 g/mol. The number of hydrogen-bond acceptors (Lipinski definition) is 3. The van der Waals surface area contributed by atoms with Crippen molar-refractivity contribution in [3.63, 3.8) is 0 Å². The number of hydrogen-bond donors (Lipinski definition) is 4. The van der Waals surface area contributed by atoms with Gasteiger partial charge in [0, 0.05) is 24.2 Å². The molecule has 0 atom stereocenters. The number of amides is 2. The van der Waals surface area contributed by atoms with E-state index in [1.165, 1.54) is 12.1 Å². The van der Waals surface area contributed by atoms with Gasteiger partial charge in [-0.2, -0.15) is 0 Å². The van der Waals surface area contributed by atoms with E-state index in [-0.39, 0.29) is 24.0 Å². The molecular formula is C12H17FN4O2. The lowest BCUT2D eigenvalue weighted by Crippen LogP contribution is -2.35. The third kappa shape index (κ3) is 4.46. The zero-order valence-electron chi connectivity index (χ0n) is 10.6. The number of nitrogens with zero attached hydrogens (tertiary/aromatic N) is 1. The Morgan fingerprint density at radius 3 is 2.79 bits per heavy atom. The van der Waals surface area contributed by atoms with Crippen LogP contribution in [0.4, 0.5) is 9.18 Å². The minimum absolute atomic E-state index is 0.0673. The highest BCUT2D eigenvalue weighted by atomic mass is 19.1. The Labute approximate surface area is 110 Å². The molecule has 0 fully saturated rings. The minimum atomic E-state index is -0.528. The summed E-state index contributed by atoms with van der Waals surface area (Å²) in [6, 6.07) is 3.79. The SMILES string of the molecule is CCCNC(=O)NCc1ccc(C(N)=NO)cc1F. The van der Waals surface area contributed by atoms with Gasteiger partial charge in [0.15, 0.2) is 5.84 Å². The van der Waals surface area contributed by atoms with Crippen molar-refractivity contribution in [1.82, 2.24) is 10.6 Å². The van der Waals surface area contributed by atoms with Crippen LogP contribution >= 0.6 is 0 Å². The lowest BCUT2D eigenvalue weighted by molar-refractivity contribution is 0.240. The molecule has 5 N–H and O–H groups in total. The number of halogens is 1. The molecule has 0 unspecified atom stereocenters. The molecule has 1 aromatic carbocycles. The van der Waals surface area contributed by atoms with Crippen molar-refractivity contribution in [3.05, 3.63) is 35.1 Å². The number of amidine groups is 1. The largest absolute Gasteiger partial charge is 0.409 e. The van der Waals surface area contributed by atoms with E-state index in [9.17, 15) is 9.18 Å². The van der Waals surface area contributed by atoms with E-state index in [0.29, 0.717) is 12.1 Å². The first-order valence-electron chi connectivity index (χ1n) is 5.86. The van der Waals surface area contributed by atoms with E-state index in [1.54, 1.807) is 0 Å². The number of benzene rings is 1. The number of nitrogens with one attached hydrogen (secondary N) is 2. The first-order valence-corrected chi connectivity index (χ1v) is 5.86. The van der Waals surface area contributed by atoms with Crippen LogP contribution in [0.1, 0.15) is 24.5 Å². The zero-order valence-corrected chi connectivity index (χ0v) is 10.6. The van der Waals surface area contributed by atoms with Crippen molar-refractivity contribution in [2.75, 3.05) is 6.54 Å². The van der Waals surface area contributed by atoms with E-state index in [4.69, 9.17) is 10.9 Å². The number of urea groups is 1. The van der Waals surface area contributed by atoms with Gasteiger partial charge < -0.3 is 21.6 Å². The Morgan fingerprint density at radius 1 is 1.47 bits per heavy atom. The van der Waals surface area contributed by atoms with Gasteiger partial charge in [-0.25, -0.2) is 9.18 Å². The summed E-state index contributed by atoms with van der Waals surface area (Å²) in [4.78, 5) is 11.3. The van der Waals surface area contributed by atoms with Crippen LogP contribution in [0.15, 0.2) is 23.4 Å². The van der Waals surface area contributed by atoms with Gasteiger partial charge in [-0.3, -0.25) is 0 Å². The summed E-state index contributed by atoms with van der Waals surface area (Å²) in [5.74, 6) is -0.695. The van der Waals surface area contributed by atoms with Crippen molar-refractivity contribution < 1.29 is 14.4 Å². The van der Waals surface area contributed by atoms with Crippen LogP contribution in [-0.2, 0) is 6.54 Å². The van der Waals surface area contributed by atoms with Crippen LogP contribution < -0.4 is 16.4 Å². The zero-order chi connectivity index (χ0) is 14.3. The average molecular weight is 268 g/mol. The van der Waals surface area contributed by atoms with Gasteiger partial charge in [-0.15, -0.1) is 0 Å². The average Bonchev–Trinajstić information content (AvgIpc) is 2.42. The maximum absolute atomic E-state index is 13.7. The van der Waals surface area contributed by atoms with E-state index >= 15 is 0 Å². The summed E-state index contributed by atoms with van der Waals surface area (Å²) in [6.45, 7) is 2.57. The number of carbonyl (C=O) groups is 1. The maximum atomic E-state index is 13.7. The van der Waals surface area contributed by atoms with E-state index in [1.807, 2.05) is 6.92 Å². The molecule has 0 spiro atoms. The smallest absolute Gasteiger partial charge is 0.315 e. The van der Waals surface area contributed by atoms with Gasteiger partial charge in [-0.05, 0) is 12.5 Å². The summed E-state index contributed by atoms with van der Waals surface area (Å²) in [6.07, 6.45) is 0.830. The Hall–Kier alpha value is -2.31. The van der Waals surface area contributed by atoms with Gasteiger partial charge >= 0.3 is 6.03 Å². The lowest BCUT2D eigenvalue weighted by Gasteiger charge is -2.08. The van der Waals surface area contributed by atoms with Crippen LogP contribution in [0.25, 0.3) is 0 Å². The molecule has 0 aliphatic heterocycles. The summed E-state index contributed by atoms with van der Waals surface area (Å²) in [7, 11) is 0. The van der Waals surface area contributed by atoms with Crippen LogP contribution in [0.3, 0.4) is 0 Å². The number of rotatable bonds is 5. The second kappa shape index (κ2) is 7.20. The third-order valence-corrected chi connectivity index (χ3v) is 2.43. The van der Waals surface area contributed by atoms with Gasteiger partial charge in [0.25, 0.3) is 0 Å². The molecule has 19 heavy (non-hydrogen) atoms. The van der Waals surface area contributed by atoms with Crippen molar-refractivity contribution in [3.8, 4) is 0 Å². The highest BCUT2D eigenvalue weighted by Gasteiger charge is 2.07. The van der Waals surface area contributed by atoms with Crippen molar-refractivity contribution in [2.24, 2.45) is 10.9 Å². The Balaban J connectivity index is 2.63. The number of oxime groups is 1. The molecule has 0 bridgehead atoms. The fourth-order valence-corrected chi connectivity index (χ4v) is 1.38. The molecule has 0 aliphatic carbocycles. The predicted molar refractivity (Wildman–Crippen MR) is 69.4 cm³/mol. The predicted octanol–water partition coefficient (Wildman–Crippen LogP) is 1.13. The third-order valence-electron chi connectivity index (χ3n) is 2.43. The van der Waals surface area contributed by atoms with Crippen LogP contribution in [0.5, 0.6) is 0 Å². The molecule has 2 amide bonds. The lowest BCUT2D eigenvalue weighted by atomic mass is 10.1. The van der Waals surface area contributed by atoms with Gasteiger partial charge in [0.05, 0.1) is 0 Å². The maximum Gasteiger partial charge on any atom is 0.315 e. The second-order valence-corrected chi connectivity index (χ2v) is 3.90. The number of nitrogens with two attached hydrogens (primary N) is 1. The molecule has 7 heteroatoms. The highest BCUT2D eigenvalue weighted by molar-refractivity contribution is 5.97. The summed E-state index contributed by atoms with van der Waals surface area (Å²) in [5.41, 5.74) is 5.94. The summed E-state index contributed by atoms with van der Waals surface area (Å²) < 4.78 is 13.7. The molecular weight excluding hydrogens is 251 g/mol. The van der Waals surface area contributed by atoms with E-state index in [2.05, 4.69) is 15.8 Å². The molecule has 1 aromatic rings. The standard InChI is InChI=1S/C12H17FN4O2/c1-2-5-15-12(18)16-7-9-4-3-8(6-10(9)13)11(14)17-19/h3-4,6,19H,2,5,7H2,1H3,(H2,14,17)(H2,15,16,18). The summed E-state index contributed by atoms with van der Waals surface area (Å²) >= 11 is 0. The van der Waals surface area contributed by atoms with E-state index in [0.717, 1.165) is 12.5 Å². The topological polar surface area (TPSA) is 99.7 Å². The molecule has 0 radical (unpaired) electrons. The van der Waals surface area contributed by atoms with Crippen LogP contribution in [0.2, 0.25) is 0 Å². The van der Waals surface area contributed by atoms with Gasteiger partial charge in [0.1, 0.15) is 5.82 Å². The molecule has 0 heterocycles. The quantitative estimate of drug-likeness (QED) is 0.279. The minimum Gasteiger partial charge on any atom is -0.409 e. The van der Waals surface area contributed by atoms with Gasteiger partial charge in [0.2, 0.25) is 0 Å². The fourth-order valence-electron chi connectivity index (χ4n) is 1.38. The Morgan fingerprint density at radius 2 is 2.21 bits per heavy atom. The second-order valence-electron chi connectivity index (χ2n) is 3.90. The molecule has 1 rings (SSSR count). The Kier molecular flexibility index (Phi) is 5.59. The van der Waals surface area contributed by atoms with Crippen LogP contribution in [-0.4, -0.2) is 23.6 Å². The first kappa shape index (κ1) is 14.7. The molecule has 6 nitrogen and oxygen atoms in total. The molecule has 0 aromatic heterocycles. The highest BCUT2D eigenvalue weighted by Crippen LogP contribution is 2.10. The first-order chi connectivity index (χ1) is 9.08. The van der Waals surface area contributed by atoms with Crippen molar-refractivity contribution in [1.29, 1.82) is 0 Å².